The summed E-state index contributed by atoms with van der Waals surface area (Å²) in [6.45, 7) is 6.29. The highest BCUT2D eigenvalue weighted by atomic mass is 35.5. The van der Waals surface area contributed by atoms with Crippen molar-refractivity contribution in [2.45, 2.75) is 64.6 Å². The molecular weight excluding hydrogens is 512 g/mol. The van der Waals surface area contributed by atoms with Gasteiger partial charge >= 0.3 is 5.97 Å². The highest BCUT2D eigenvalue weighted by Crippen LogP contribution is 2.41. The van der Waals surface area contributed by atoms with Crippen LogP contribution < -0.4 is 0 Å². The van der Waals surface area contributed by atoms with Gasteiger partial charge in [0, 0.05) is 18.0 Å². The van der Waals surface area contributed by atoms with Gasteiger partial charge in [-0.3, -0.25) is 14.4 Å². The van der Waals surface area contributed by atoms with Gasteiger partial charge in [-0.1, -0.05) is 77.8 Å². The molecule has 3 aromatic carbocycles. The maximum Gasteiger partial charge on any atom is 0.303 e. The summed E-state index contributed by atoms with van der Waals surface area (Å²) in [5.74, 6) is -1.13. The molecule has 1 unspecified atom stereocenters. The van der Waals surface area contributed by atoms with Crippen LogP contribution in [0.4, 0.5) is 0 Å². The Kier molecular flexibility index (Phi) is 9.08. The van der Waals surface area contributed by atoms with Crippen molar-refractivity contribution in [3.8, 4) is 0 Å². The van der Waals surface area contributed by atoms with Gasteiger partial charge in [-0.2, -0.15) is 0 Å². The molecule has 1 N–H and O–H groups in total. The number of carboxylic acid groups (broad SMARTS) is 1. The number of carbonyl (C=O) groups is 3. The molecule has 3 aromatic rings. The van der Waals surface area contributed by atoms with Gasteiger partial charge in [0.05, 0.1) is 18.5 Å². The third-order valence-electron chi connectivity index (χ3n) is 7.58. The van der Waals surface area contributed by atoms with Gasteiger partial charge in [0.1, 0.15) is 6.04 Å². The fourth-order valence-corrected chi connectivity index (χ4v) is 5.54. The van der Waals surface area contributed by atoms with Crippen LogP contribution >= 0.6 is 11.6 Å². The molecule has 0 bridgehead atoms. The molecule has 6 nitrogen and oxygen atoms in total. The highest BCUT2D eigenvalue weighted by Gasteiger charge is 2.44. The lowest BCUT2D eigenvalue weighted by atomic mass is 9.96. The molecule has 0 radical (unpaired) electrons. The average molecular weight is 547 g/mol. The topological polar surface area (TPSA) is 77.9 Å². The summed E-state index contributed by atoms with van der Waals surface area (Å²) >= 11 is 6.14. The van der Waals surface area contributed by atoms with Crippen molar-refractivity contribution < 1.29 is 19.5 Å². The largest absolute Gasteiger partial charge is 0.481 e. The first-order chi connectivity index (χ1) is 18.7. The van der Waals surface area contributed by atoms with Crippen LogP contribution in [0.25, 0.3) is 0 Å². The summed E-state index contributed by atoms with van der Waals surface area (Å²) < 4.78 is 0. The van der Waals surface area contributed by atoms with Crippen LogP contribution in [0.15, 0.2) is 72.8 Å². The molecule has 7 heteroatoms. The van der Waals surface area contributed by atoms with Crippen LogP contribution in [0.5, 0.6) is 0 Å². The molecule has 2 amide bonds. The van der Waals surface area contributed by atoms with Crippen LogP contribution in [-0.2, 0) is 14.4 Å². The first-order valence-electron chi connectivity index (χ1n) is 13.4. The number of aliphatic carboxylic acids is 1. The van der Waals surface area contributed by atoms with E-state index in [1.165, 1.54) is 0 Å². The summed E-state index contributed by atoms with van der Waals surface area (Å²) in [6, 6.07) is 21.3. The minimum atomic E-state index is -0.858. The summed E-state index contributed by atoms with van der Waals surface area (Å²) in [4.78, 5) is 43.5. The van der Waals surface area contributed by atoms with Crippen molar-refractivity contribution in [2.75, 3.05) is 6.54 Å². The van der Waals surface area contributed by atoms with Gasteiger partial charge in [0.2, 0.25) is 5.91 Å². The number of halogens is 1. The van der Waals surface area contributed by atoms with Gasteiger partial charge in [-0.05, 0) is 68.0 Å². The molecule has 0 aliphatic carbocycles. The van der Waals surface area contributed by atoms with Crippen molar-refractivity contribution in [1.82, 2.24) is 9.80 Å². The van der Waals surface area contributed by atoms with Crippen LogP contribution in [0.2, 0.25) is 5.02 Å². The minimum absolute atomic E-state index is 0.0388. The van der Waals surface area contributed by atoms with E-state index in [1.54, 1.807) is 21.9 Å². The zero-order chi connectivity index (χ0) is 28.1. The quantitative estimate of drug-likeness (QED) is 0.299. The van der Waals surface area contributed by atoms with Crippen LogP contribution in [-0.4, -0.2) is 39.2 Å². The monoisotopic (exact) mass is 546 g/mol. The molecule has 1 saturated heterocycles. The second-order valence-electron chi connectivity index (χ2n) is 10.3. The Hall–Kier alpha value is -3.64. The first-order valence-corrected chi connectivity index (χ1v) is 13.8. The molecule has 1 aliphatic heterocycles. The molecule has 4 rings (SSSR count). The number of hydrogen-bond acceptors (Lipinski definition) is 3. The molecule has 204 valence electrons. The van der Waals surface area contributed by atoms with Gasteiger partial charge < -0.3 is 14.9 Å². The van der Waals surface area contributed by atoms with Crippen molar-refractivity contribution in [2.24, 2.45) is 0 Å². The van der Waals surface area contributed by atoms with Crippen molar-refractivity contribution in [1.29, 1.82) is 0 Å². The summed E-state index contributed by atoms with van der Waals surface area (Å²) in [5, 5.41) is 9.75. The average Bonchev–Trinajstić information content (AvgIpc) is 3.01. The molecule has 0 saturated carbocycles. The zero-order valence-corrected chi connectivity index (χ0v) is 23.4. The SMILES string of the molecule is Cc1ccc([C@H]2C(=O)N(CCCCC(=O)O)C(c3ccccc3C)CC(=O)N2[C@H](C)c2ccc(Cl)cc2)cc1. The lowest BCUT2D eigenvalue weighted by molar-refractivity contribution is -0.144. The fourth-order valence-electron chi connectivity index (χ4n) is 5.41. The van der Waals surface area contributed by atoms with E-state index < -0.39 is 18.1 Å². The number of rotatable bonds is 9. The predicted molar refractivity (Wildman–Crippen MR) is 152 cm³/mol. The number of aryl methyl sites for hydroxylation is 2. The zero-order valence-electron chi connectivity index (χ0n) is 22.6. The highest BCUT2D eigenvalue weighted by molar-refractivity contribution is 6.30. The van der Waals surface area contributed by atoms with Crippen LogP contribution in [0, 0.1) is 13.8 Å². The Morgan fingerprint density at radius 3 is 2.28 bits per heavy atom. The lowest BCUT2D eigenvalue weighted by Crippen LogP contribution is -2.43. The number of nitrogens with zero attached hydrogens (tertiary/aromatic N) is 2. The summed E-state index contributed by atoms with van der Waals surface area (Å²) in [5.41, 5.74) is 4.64. The first kappa shape index (κ1) is 28.4. The summed E-state index contributed by atoms with van der Waals surface area (Å²) in [6.07, 6.45) is 1.16. The van der Waals surface area contributed by atoms with E-state index in [1.807, 2.05) is 81.4 Å². The van der Waals surface area contributed by atoms with Gasteiger partial charge in [-0.25, -0.2) is 0 Å². The van der Waals surface area contributed by atoms with Crippen LogP contribution in [0.3, 0.4) is 0 Å². The molecule has 0 spiro atoms. The number of unbranched alkanes of at least 4 members (excludes halogenated alkanes) is 1. The normalized spacial score (nSPS) is 18.7. The Labute approximate surface area is 235 Å². The molecule has 39 heavy (non-hydrogen) atoms. The van der Waals surface area contributed by atoms with E-state index in [0.29, 0.717) is 24.4 Å². The van der Waals surface area contributed by atoms with Crippen molar-refractivity contribution in [3.05, 3.63) is 106 Å². The number of benzene rings is 3. The predicted octanol–water partition coefficient (Wildman–Crippen LogP) is 6.82. The number of hydrogen-bond donors (Lipinski definition) is 1. The Morgan fingerprint density at radius 1 is 0.974 bits per heavy atom. The second kappa shape index (κ2) is 12.5. The standard InChI is InChI=1S/C32H35ClN2O4/c1-21-11-13-25(14-12-21)31-32(39)34(19-7-6-10-30(37)38)28(27-9-5-4-8-22(27)2)20-29(36)35(31)23(3)24-15-17-26(33)18-16-24/h4-5,8-9,11-18,23,28,31H,6-7,10,19-20H2,1-3H3,(H,37,38)/t23-,28?,31+/m1/s1. The third-order valence-corrected chi connectivity index (χ3v) is 7.83. The number of carboxylic acids is 1. The van der Waals surface area contributed by atoms with Gasteiger partial charge in [0.25, 0.3) is 5.91 Å². The van der Waals surface area contributed by atoms with Gasteiger partial charge in [-0.15, -0.1) is 0 Å². The van der Waals surface area contributed by atoms with Crippen molar-refractivity contribution >= 4 is 29.4 Å². The maximum atomic E-state index is 14.6. The van der Waals surface area contributed by atoms with E-state index in [-0.39, 0.29) is 30.7 Å². The molecule has 3 atom stereocenters. The lowest BCUT2D eigenvalue weighted by Gasteiger charge is -2.36. The van der Waals surface area contributed by atoms with Crippen LogP contribution in [0.1, 0.15) is 78.5 Å². The molecular formula is C32H35ClN2O4. The van der Waals surface area contributed by atoms with E-state index in [9.17, 15) is 14.4 Å². The summed E-state index contributed by atoms with van der Waals surface area (Å²) in [7, 11) is 0. The third kappa shape index (κ3) is 6.51. The van der Waals surface area contributed by atoms with Crippen molar-refractivity contribution in [3.63, 3.8) is 0 Å². The second-order valence-corrected chi connectivity index (χ2v) is 10.7. The Morgan fingerprint density at radius 2 is 1.64 bits per heavy atom. The Balaban J connectivity index is 1.82. The molecule has 0 aromatic heterocycles. The number of carbonyl (C=O) groups excluding carboxylic acids is 2. The number of amides is 2. The van der Waals surface area contributed by atoms with E-state index >= 15 is 0 Å². The van der Waals surface area contributed by atoms with Gasteiger partial charge in [0.15, 0.2) is 0 Å². The minimum Gasteiger partial charge on any atom is -0.481 e. The van der Waals surface area contributed by atoms with E-state index in [2.05, 4.69) is 0 Å². The fraction of sp³-hybridized carbons (Fsp3) is 0.344. The van der Waals surface area contributed by atoms with E-state index in [4.69, 9.17) is 16.7 Å². The molecule has 1 fully saturated rings. The Bertz CT molecular complexity index is 1320. The smallest absolute Gasteiger partial charge is 0.303 e. The molecule has 1 aliphatic rings. The maximum absolute atomic E-state index is 14.6. The van der Waals surface area contributed by atoms with E-state index in [0.717, 1.165) is 27.8 Å². The molecule has 1 heterocycles.